The molecule has 21 heavy (non-hydrogen) atoms. The Morgan fingerprint density at radius 1 is 1.10 bits per heavy atom. The monoisotopic (exact) mass is 300 g/mol. The van der Waals surface area contributed by atoms with E-state index in [1.54, 1.807) is 42.5 Å². The maximum Gasteiger partial charge on any atom is 0.343 e. The molecule has 1 aliphatic rings. The third-order valence-electron chi connectivity index (χ3n) is 3.02. The van der Waals surface area contributed by atoms with Crippen molar-refractivity contribution in [1.29, 1.82) is 0 Å². The number of hydrogen-bond donors (Lipinski definition) is 0. The zero-order valence-corrected chi connectivity index (χ0v) is 11.6. The summed E-state index contributed by atoms with van der Waals surface area (Å²) in [5, 5.41) is 0.596. The second-order valence-electron chi connectivity index (χ2n) is 4.56. The van der Waals surface area contributed by atoms with Crippen molar-refractivity contribution in [1.82, 2.24) is 0 Å². The van der Waals surface area contributed by atoms with E-state index in [-0.39, 0.29) is 5.82 Å². The molecular weight excluding hydrogens is 291 g/mol. The summed E-state index contributed by atoms with van der Waals surface area (Å²) in [4.78, 5) is 11.9. The van der Waals surface area contributed by atoms with Crippen molar-refractivity contribution in [3.05, 3.63) is 82.1 Å². The average Bonchev–Trinajstić information content (AvgIpc) is 2.81. The number of esters is 1. The minimum atomic E-state index is -0.436. The van der Waals surface area contributed by atoms with Gasteiger partial charge in [-0.3, -0.25) is 0 Å². The molecule has 1 aliphatic heterocycles. The highest BCUT2D eigenvalue weighted by molar-refractivity contribution is 6.30. The SMILES string of the molecule is O=C1OC(c2ccc(F)cc2)=C/C1=C\c1cccc(Cl)c1. The van der Waals surface area contributed by atoms with E-state index in [2.05, 4.69) is 0 Å². The average molecular weight is 301 g/mol. The molecule has 104 valence electrons. The first kappa shape index (κ1) is 13.6. The minimum absolute atomic E-state index is 0.335. The molecule has 2 nitrogen and oxygen atoms in total. The molecule has 0 saturated heterocycles. The highest BCUT2D eigenvalue weighted by atomic mass is 35.5. The van der Waals surface area contributed by atoms with E-state index in [1.807, 2.05) is 6.07 Å². The lowest BCUT2D eigenvalue weighted by Crippen LogP contribution is -1.97. The van der Waals surface area contributed by atoms with E-state index in [9.17, 15) is 9.18 Å². The van der Waals surface area contributed by atoms with E-state index in [0.717, 1.165) is 5.56 Å². The van der Waals surface area contributed by atoms with E-state index < -0.39 is 5.97 Å². The first-order valence-corrected chi connectivity index (χ1v) is 6.67. The fourth-order valence-electron chi connectivity index (χ4n) is 2.02. The standard InChI is InChI=1S/C17H10ClFO2/c18-14-3-1-2-11(9-14)8-13-10-16(21-17(13)20)12-4-6-15(19)7-5-12/h1-10H/b13-8+. The molecule has 4 heteroatoms. The number of benzene rings is 2. The molecule has 0 radical (unpaired) electrons. The van der Waals surface area contributed by atoms with Gasteiger partial charge in [-0.15, -0.1) is 0 Å². The van der Waals surface area contributed by atoms with Crippen LogP contribution in [0.4, 0.5) is 4.39 Å². The van der Waals surface area contributed by atoms with E-state index in [0.29, 0.717) is 21.9 Å². The molecular formula is C17H10ClFO2. The number of carbonyl (C=O) groups is 1. The van der Waals surface area contributed by atoms with Crippen molar-refractivity contribution in [3.8, 4) is 0 Å². The molecule has 0 fully saturated rings. The van der Waals surface area contributed by atoms with Gasteiger partial charge in [0, 0.05) is 10.6 Å². The Hall–Kier alpha value is -2.39. The fourth-order valence-corrected chi connectivity index (χ4v) is 2.22. The largest absolute Gasteiger partial charge is 0.422 e. The first-order valence-electron chi connectivity index (χ1n) is 6.29. The van der Waals surface area contributed by atoms with Crippen LogP contribution >= 0.6 is 11.6 Å². The van der Waals surface area contributed by atoms with Crippen LogP contribution < -0.4 is 0 Å². The third-order valence-corrected chi connectivity index (χ3v) is 3.26. The Bertz CT molecular complexity index is 761. The Balaban J connectivity index is 1.93. The summed E-state index contributed by atoms with van der Waals surface area (Å²) in [6.07, 6.45) is 3.33. The molecule has 0 atom stereocenters. The summed E-state index contributed by atoms with van der Waals surface area (Å²) < 4.78 is 18.1. The van der Waals surface area contributed by atoms with Gasteiger partial charge in [0.2, 0.25) is 0 Å². The number of rotatable bonds is 2. The Morgan fingerprint density at radius 2 is 1.86 bits per heavy atom. The van der Waals surface area contributed by atoms with Crippen LogP contribution in [-0.2, 0) is 9.53 Å². The van der Waals surface area contributed by atoms with Crippen LogP contribution in [0, 0.1) is 5.82 Å². The van der Waals surface area contributed by atoms with Gasteiger partial charge in [-0.1, -0.05) is 23.7 Å². The zero-order valence-electron chi connectivity index (χ0n) is 10.8. The molecule has 1 heterocycles. The first-order chi connectivity index (χ1) is 10.1. The predicted octanol–water partition coefficient (Wildman–Crippen LogP) is 4.46. The number of carbonyl (C=O) groups excluding carboxylic acids is 1. The molecule has 0 bridgehead atoms. The summed E-state index contributed by atoms with van der Waals surface area (Å²) in [6, 6.07) is 12.9. The predicted molar refractivity (Wildman–Crippen MR) is 79.9 cm³/mol. The van der Waals surface area contributed by atoms with Gasteiger partial charge in [-0.25, -0.2) is 9.18 Å². The molecule has 0 amide bonds. The number of halogens is 2. The van der Waals surface area contributed by atoms with E-state index >= 15 is 0 Å². The van der Waals surface area contributed by atoms with E-state index in [4.69, 9.17) is 16.3 Å². The highest BCUT2D eigenvalue weighted by Gasteiger charge is 2.21. The minimum Gasteiger partial charge on any atom is -0.422 e. The molecule has 2 aromatic rings. The van der Waals surface area contributed by atoms with Crippen LogP contribution in [0.3, 0.4) is 0 Å². The topological polar surface area (TPSA) is 26.3 Å². The Morgan fingerprint density at radius 3 is 2.57 bits per heavy atom. The molecule has 0 spiro atoms. The lowest BCUT2D eigenvalue weighted by molar-refractivity contribution is -0.130. The zero-order chi connectivity index (χ0) is 14.8. The third kappa shape index (κ3) is 3.03. The van der Waals surface area contributed by atoms with Gasteiger partial charge in [-0.2, -0.15) is 0 Å². The van der Waals surface area contributed by atoms with Crippen molar-refractivity contribution in [2.75, 3.05) is 0 Å². The molecule has 0 N–H and O–H groups in total. The van der Waals surface area contributed by atoms with Crippen LogP contribution in [0.25, 0.3) is 11.8 Å². The summed E-state index contributed by atoms with van der Waals surface area (Å²) in [5.74, 6) is -0.360. The number of cyclic esters (lactones) is 1. The molecule has 0 saturated carbocycles. The van der Waals surface area contributed by atoms with Crippen LogP contribution in [0.15, 0.2) is 60.2 Å². The van der Waals surface area contributed by atoms with Gasteiger partial charge in [0.25, 0.3) is 0 Å². The van der Waals surface area contributed by atoms with Crippen molar-refractivity contribution in [3.63, 3.8) is 0 Å². The van der Waals surface area contributed by atoms with Gasteiger partial charge in [-0.05, 0) is 54.1 Å². The maximum absolute atomic E-state index is 12.9. The second kappa shape index (κ2) is 5.54. The van der Waals surface area contributed by atoms with Crippen LogP contribution in [0.5, 0.6) is 0 Å². The van der Waals surface area contributed by atoms with E-state index in [1.165, 1.54) is 12.1 Å². The summed E-state index contributed by atoms with van der Waals surface area (Å²) in [7, 11) is 0. The van der Waals surface area contributed by atoms with Gasteiger partial charge in [0.1, 0.15) is 11.6 Å². The normalized spacial score (nSPS) is 16.0. The van der Waals surface area contributed by atoms with Crippen molar-refractivity contribution in [2.45, 2.75) is 0 Å². The number of hydrogen-bond acceptors (Lipinski definition) is 2. The van der Waals surface area contributed by atoms with Gasteiger partial charge in [0.05, 0.1) is 5.57 Å². The van der Waals surface area contributed by atoms with Gasteiger partial charge in [0.15, 0.2) is 0 Å². The van der Waals surface area contributed by atoms with Gasteiger partial charge < -0.3 is 4.74 Å². The maximum atomic E-state index is 12.9. The van der Waals surface area contributed by atoms with Crippen molar-refractivity contribution >= 4 is 29.4 Å². The van der Waals surface area contributed by atoms with Gasteiger partial charge >= 0.3 is 5.97 Å². The molecule has 2 aromatic carbocycles. The lowest BCUT2D eigenvalue weighted by atomic mass is 10.1. The summed E-state index contributed by atoms with van der Waals surface area (Å²) in [6.45, 7) is 0. The number of ether oxygens (including phenoxy) is 1. The molecule has 0 aromatic heterocycles. The van der Waals surface area contributed by atoms with Crippen molar-refractivity contribution in [2.24, 2.45) is 0 Å². The lowest BCUT2D eigenvalue weighted by Gasteiger charge is -2.00. The van der Waals surface area contributed by atoms with Crippen LogP contribution in [0.2, 0.25) is 5.02 Å². The Kier molecular flexibility index (Phi) is 3.59. The van der Waals surface area contributed by atoms with Crippen molar-refractivity contribution < 1.29 is 13.9 Å². The summed E-state index contributed by atoms with van der Waals surface area (Å²) >= 11 is 5.91. The molecule has 0 aliphatic carbocycles. The molecule has 3 rings (SSSR count). The fraction of sp³-hybridized carbons (Fsp3) is 0. The van der Waals surface area contributed by atoms with Crippen LogP contribution in [0.1, 0.15) is 11.1 Å². The second-order valence-corrected chi connectivity index (χ2v) is 5.00. The molecule has 0 unspecified atom stereocenters. The summed E-state index contributed by atoms with van der Waals surface area (Å²) in [5.41, 5.74) is 1.89. The highest BCUT2D eigenvalue weighted by Crippen LogP contribution is 2.27. The van der Waals surface area contributed by atoms with Crippen LogP contribution in [-0.4, -0.2) is 5.97 Å². The smallest absolute Gasteiger partial charge is 0.343 e. The Labute approximate surface area is 126 Å². The quantitative estimate of drug-likeness (QED) is 0.604.